The van der Waals surface area contributed by atoms with Crippen LogP contribution in [0.5, 0.6) is 0 Å². The van der Waals surface area contributed by atoms with Crippen molar-refractivity contribution in [3.63, 3.8) is 0 Å². The number of aliphatic carboxylic acids is 1. The van der Waals surface area contributed by atoms with E-state index in [-0.39, 0.29) is 30.9 Å². The van der Waals surface area contributed by atoms with Crippen LogP contribution < -0.4 is 10.6 Å². The molecule has 0 heterocycles. The van der Waals surface area contributed by atoms with Gasteiger partial charge in [0.25, 0.3) is 0 Å². The number of ether oxygens (including phenoxy) is 1. The van der Waals surface area contributed by atoms with Gasteiger partial charge in [-0.3, -0.25) is 9.59 Å². The average molecular weight is 518 g/mol. The SMILES string of the molecule is CCCCC(NC(=O)N[C@H](CCCCC(=O)OCc1ccccc1)C(=O)N(C)C1CCCCC1)C(=O)O. The molecule has 0 radical (unpaired) electrons. The summed E-state index contributed by atoms with van der Waals surface area (Å²) in [4.78, 5) is 51.4. The van der Waals surface area contributed by atoms with E-state index in [9.17, 15) is 24.3 Å². The number of urea groups is 1. The minimum atomic E-state index is -1.10. The highest BCUT2D eigenvalue weighted by Crippen LogP contribution is 2.22. The van der Waals surface area contributed by atoms with Gasteiger partial charge in [-0.25, -0.2) is 9.59 Å². The number of benzene rings is 1. The molecule has 3 N–H and O–H groups in total. The lowest BCUT2D eigenvalue weighted by Gasteiger charge is -2.34. The van der Waals surface area contributed by atoms with E-state index in [0.717, 1.165) is 44.1 Å². The van der Waals surface area contributed by atoms with Crippen LogP contribution in [0.1, 0.15) is 89.5 Å². The standard InChI is InChI=1S/C28H43N3O6/c1-3-4-17-24(27(34)35)30-28(36)29-23(26(33)31(2)22-15-9-6-10-16-22)18-11-12-19-25(32)37-20-21-13-7-5-8-14-21/h5,7-8,13-14,22-24H,3-4,6,9-12,15-20H2,1-2H3,(H,34,35)(H2,29,30,36)/t23-,24?/m1/s1. The second-order valence-corrected chi connectivity index (χ2v) is 9.84. The molecule has 2 rings (SSSR count). The van der Waals surface area contributed by atoms with Gasteiger partial charge in [0.2, 0.25) is 5.91 Å². The Kier molecular flexibility index (Phi) is 13.5. The Bertz CT molecular complexity index is 857. The average Bonchev–Trinajstić information content (AvgIpc) is 2.91. The number of hydrogen-bond donors (Lipinski definition) is 3. The zero-order chi connectivity index (χ0) is 27.0. The van der Waals surface area contributed by atoms with Crippen molar-refractivity contribution in [2.75, 3.05) is 7.05 Å². The predicted molar refractivity (Wildman–Crippen MR) is 141 cm³/mol. The highest BCUT2D eigenvalue weighted by atomic mass is 16.5. The first-order chi connectivity index (χ1) is 17.8. The van der Waals surface area contributed by atoms with Gasteiger partial charge in [-0.1, -0.05) is 75.8 Å². The van der Waals surface area contributed by atoms with Crippen LogP contribution in [0, 0.1) is 0 Å². The van der Waals surface area contributed by atoms with Crippen molar-refractivity contribution in [2.24, 2.45) is 0 Å². The summed E-state index contributed by atoms with van der Waals surface area (Å²) in [6.07, 6.45) is 8.61. The smallest absolute Gasteiger partial charge is 0.326 e. The maximum Gasteiger partial charge on any atom is 0.326 e. The lowest BCUT2D eigenvalue weighted by Crippen LogP contribution is -2.55. The Morgan fingerprint density at radius 3 is 2.27 bits per heavy atom. The highest BCUT2D eigenvalue weighted by molar-refractivity contribution is 5.88. The molecule has 0 saturated heterocycles. The molecule has 1 aliphatic carbocycles. The van der Waals surface area contributed by atoms with Crippen LogP contribution in [0.3, 0.4) is 0 Å². The number of nitrogens with zero attached hydrogens (tertiary/aromatic N) is 1. The summed E-state index contributed by atoms with van der Waals surface area (Å²) in [6, 6.07) is 7.11. The largest absolute Gasteiger partial charge is 0.480 e. The van der Waals surface area contributed by atoms with Crippen molar-refractivity contribution >= 4 is 23.9 Å². The van der Waals surface area contributed by atoms with Crippen LogP contribution in [-0.4, -0.2) is 59.1 Å². The topological polar surface area (TPSA) is 125 Å². The van der Waals surface area contributed by atoms with Crippen molar-refractivity contribution < 1.29 is 29.0 Å². The quantitative estimate of drug-likeness (QED) is 0.234. The van der Waals surface area contributed by atoms with Crippen LogP contribution >= 0.6 is 0 Å². The monoisotopic (exact) mass is 517 g/mol. The first kappa shape index (κ1) is 30.1. The number of nitrogens with one attached hydrogen (secondary N) is 2. The number of rotatable bonds is 15. The van der Waals surface area contributed by atoms with Gasteiger partial charge in [-0.2, -0.15) is 0 Å². The Balaban J connectivity index is 1.90. The lowest BCUT2D eigenvalue weighted by molar-refractivity contribution is -0.145. The van der Waals surface area contributed by atoms with E-state index in [1.807, 2.05) is 37.3 Å². The summed E-state index contributed by atoms with van der Waals surface area (Å²) in [7, 11) is 1.77. The number of carbonyl (C=O) groups excluding carboxylic acids is 3. The van der Waals surface area contributed by atoms with Crippen LogP contribution in [0.2, 0.25) is 0 Å². The molecule has 9 nitrogen and oxygen atoms in total. The zero-order valence-electron chi connectivity index (χ0n) is 22.2. The van der Waals surface area contributed by atoms with Gasteiger partial charge >= 0.3 is 18.0 Å². The van der Waals surface area contributed by atoms with Crippen molar-refractivity contribution in [1.82, 2.24) is 15.5 Å². The number of amides is 3. The third kappa shape index (κ3) is 11.2. The van der Waals surface area contributed by atoms with Gasteiger partial charge in [0, 0.05) is 19.5 Å². The summed E-state index contributed by atoms with van der Waals surface area (Å²) < 4.78 is 5.31. The number of hydrogen-bond acceptors (Lipinski definition) is 5. The van der Waals surface area contributed by atoms with Gasteiger partial charge in [0.05, 0.1) is 0 Å². The molecule has 1 saturated carbocycles. The third-order valence-electron chi connectivity index (χ3n) is 6.89. The van der Waals surface area contributed by atoms with E-state index in [0.29, 0.717) is 32.1 Å². The first-order valence-corrected chi connectivity index (χ1v) is 13.6. The van der Waals surface area contributed by atoms with E-state index in [1.165, 1.54) is 0 Å². The molecule has 1 aromatic carbocycles. The van der Waals surface area contributed by atoms with Gasteiger partial charge < -0.3 is 25.4 Å². The Labute approximate surface area is 220 Å². The molecule has 9 heteroatoms. The summed E-state index contributed by atoms with van der Waals surface area (Å²) >= 11 is 0. The molecule has 0 aromatic heterocycles. The molecule has 0 aliphatic heterocycles. The Morgan fingerprint density at radius 2 is 1.62 bits per heavy atom. The fourth-order valence-electron chi connectivity index (χ4n) is 4.60. The summed E-state index contributed by atoms with van der Waals surface area (Å²) in [5.41, 5.74) is 0.918. The second-order valence-electron chi connectivity index (χ2n) is 9.84. The zero-order valence-corrected chi connectivity index (χ0v) is 22.2. The number of likely N-dealkylation sites (N-methyl/N-ethyl adjacent to an activating group) is 1. The van der Waals surface area contributed by atoms with Gasteiger partial charge in [-0.05, 0) is 37.7 Å². The number of esters is 1. The van der Waals surface area contributed by atoms with E-state index in [4.69, 9.17) is 4.74 Å². The molecule has 0 spiro atoms. The fourth-order valence-corrected chi connectivity index (χ4v) is 4.60. The third-order valence-corrected chi connectivity index (χ3v) is 6.89. The van der Waals surface area contributed by atoms with Crippen LogP contribution in [-0.2, 0) is 25.7 Å². The maximum atomic E-state index is 13.3. The van der Waals surface area contributed by atoms with E-state index in [1.54, 1.807) is 11.9 Å². The number of carbonyl (C=O) groups is 4. The highest BCUT2D eigenvalue weighted by Gasteiger charge is 2.30. The minimum absolute atomic E-state index is 0.137. The lowest BCUT2D eigenvalue weighted by atomic mass is 9.94. The normalized spacial score (nSPS) is 15.3. The van der Waals surface area contributed by atoms with E-state index >= 15 is 0 Å². The van der Waals surface area contributed by atoms with Crippen molar-refractivity contribution in [2.45, 2.75) is 109 Å². The Hall–Kier alpha value is -3.10. The van der Waals surface area contributed by atoms with Crippen LogP contribution in [0.4, 0.5) is 4.79 Å². The summed E-state index contributed by atoms with van der Waals surface area (Å²) in [6.45, 7) is 2.17. The molecule has 1 fully saturated rings. The van der Waals surface area contributed by atoms with Crippen molar-refractivity contribution in [1.29, 1.82) is 0 Å². The first-order valence-electron chi connectivity index (χ1n) is 13.6. The summed E-state index contributed by atoms with van der Waals surface area (Å²) in [5.74, 6) is -1.59. The second kappa shape index (κ2) is 16.6. The molecular weight excluding hydrogens is 474 g/mol. The van der Waals surface area contributed by atoms with Gasteiger partial charge in [-0.15, -0.1) is 0 Å². The molecule has 0 bridgehead atoms. The molecule has 206 valence electrons. The predicted octanol–water partition coefficient (Wildman–Crippen LogP) is 4.39. The molecular formula is C28H43N3O6. The molecule has 37 heavy (non-hydrogen) atoms. The number of carboxylic acid groups (broad SMARTS) is 1. The molecule has 1 aromatic rings. The van der Waals surface area contributed by atoms with Crippen molar-refractivity contribution in [3.05, 3.63) is 35.9 Å². The maximum absolute atomic E-state index is 13.3. The number of unbranched alkanes of at least 4 members (excludes halogenated alkanes) is 2. The Morgan fingerprint density at radius 1 is 0.973 bits per heavy atom. The van der Waals surface area contributed by atoms with E-state index < -0.39 is 24.1 Å². The molecule has 1 aliphatic rings. The molecule has 3 amide bonds. The summed E-state index contributed by atoms with van der Waals surface area (Å²) in [5, 5.41) is 14.6. The van der Waals surface area contributed by atoms with Crippen LogP contribution in [0.25, 0.3) is 0 Å². The molecule has 2 atom stereocenters. The van der Waals surface area contributed by atoms with Gasteiger partial charge in [0.1, 0.15) is 18.7 Å². The van der Waals surface area contributed by atoms with E-state index in [2.05, 4.69) is 10.6 Å². The number of carboxylic acids is 1. The molecule has 1 unspecified atom stereocenters. The fraction of sp³-hybridized carbons (Fsp3) is 0.643. The van der Waals surface area contributed by atoms with Gasteiger partial charge in [0.15, 0.2) is 0 Å². The van der Waals surface area contributed by atoms with Crippen LogP contribution in [0.15, 0.2) is 30.3 Å². The minimum Gasteiger partial charge on any atom is -0.480 e. The van der Waals surface area contributed by atoms with Crippen molar-refractivity contribution in [3.8, 4) is 0 Å².